The predicted octanol–water partition coefficient (Wildman–Crippen LogP) is 20.7. The molecule has 0 bridgehead atoms. The molecule has 0 saturated heterocycles. The first-order chi connectivity index (χ1) is 38.2. The fraction of sp³-hybridized carbons (Fsp3) is 0. The van der Waals surface area contributed by atoms with E-state index in [0.717, 1.165) is 102 Å². The van der Waals surface area contributed by atoms with Crippen LogP contribution in [0.5, 0.6) is 11.5 Å². The molecule has 0 fully saturated rings. The zero-order chi connectivity index (χ0) is 51.6. The molecule has 0 N–H and O–H groups in total. The Morgan fingerprint density at radius 1 is 0.143 bits per heavy atom. The molecule has 0 aliphatic carbocycles. The first kappa shape index (κ1) is 47.6. The monoisotopic (exact) mass is 990 g/mol. The highest BCUT2D eigenvalue weighted by Crippen LogP contribution is 2.41. The molecule has 5 nitrogen and oxygen atoms in total. The zero-order valence-corrected chi connectivity index (χ0v) is 42.4. The van der Waals surface area contributed by atoms with Crippen LogP contribution in [0.25, 0.3) is 22.3 Å². The van der Waals surface area contributed by atoms with Crippen LogP contribution in [0.1, 0.15) is 0 Å². The highest BCUT2D eigenvalue weighted by atomic mass is 16.5. The molecule has 5 heteroatoms. The Bertz CT molecular complexity index is 3420. The van der Waals surface area contributed by atoms with Crippen LogP contribution in [0.4, 0.5) is 68.2 Å². The molecule has 0 amide bonds. The maximum atomic E-state index is 6.50. The largest absolute Gasteiger partial charge is 0.457 e. The molecule has 0 saturated carbocycles. The van der Waals surface area contributed by atoms with Gasteiger partial charge in [-0.2, -0.15) is 0 Å². The number of benzene rings is 12. The number of hydrogen-bond acceptors (Lipinski definition) is 5. The van der Waals surface area contributed by atoms with Crippen LogP contribution in [0, 0.1) is 0 Å². The van der Waals surface area contributed by atoms with Gasteiger partial charge in [0.05, 0.1) is 0 Å². The Kier molecular flexibility index (Phi) is 13.9. The fourth-order valence-electron chi connectivity index (χ4n) is 9.93. The van der Waals surface area contributed by atoms with Gasteiger partial charge in [0.2, 0.25) is 0 Å². The van der Waals surface area contributed by atoms with Gasteiger partial charge in [-0.1, -0.05) is 158 Å². The van der Waals surface area contributed by atoms with E-state index in [4.69, 9.17) is 4.74 Å². The molecule has 0 heterocycles. The molecule has 0 aliphatic heterocycles. The van der Waals surface area contributed by atoms with Crippen molar-refractivity contribution in [1.29, 1.82) is 0 Å². The van der Waals surface area contributed by atoms with E-state index in [1.807, 2.05) is 24.3 Å². The third-order valence-electron chi connectivity index (χ3n) is 13.7. The van der Waals surface area contributed by atoms with Crippen molar-refractivity contribution in [2.45, 2.75) is 0 Å². The lowest BCUT2D eigenvalue weighted by Gasteiger charge is -2.26. The van der Waals surface area contributed by atoms with Crippen molar-refractivity contribution < 1.29 is 4.74 Å². The fourth-order valence-corrected chi connectivity index (χ4v) is 9.93. The Morgan fingerprint density at radius 3 is 0.455 bits per heavy atom. The Hall–Kier alpha value is -10.4. The van der Waals surface area contributed by atoms with E-state index in [2.05, 4.69) is 323 Å². The SMILES string of the molecule is c1ccc(N(c2ccccc2)c2ccc(-c3ccc(N(c4ccccc4)c4ccc(Oc5ccc(N(c6ccccc6)c6ccc(-c7ccc(N(c8ccccc8)c8ccccc8)cc7)cc6)cc5)cc4)cc3)cc2)cc1. The van der Waals surface area contributed by atoms with Crippen LogP contribution in [-0.2, 0) is 0 Å². The standard InChI is InChI=1S/C72H54N4O/c1-7-19-59(20-8-1)73(60-21-9-2-10-22-60)65-39-31-55(32-40-65)57-35-43-67(44-36-57)75(63-27-15-5-16-28-63)69-47-51-71(52-48-69)77-72-53-49-70(50-54-72)76(64-29-17-6-18-30-64)68-45-37-58(38-46-68)56-33-41-66(42-34-56)74(61-23-11-3-12-24-61)62-25-13-4-14-26-62/h1-54H. The van der Waals surface area contributed by atoms with Crippen molar-refractivity contribution in [1.82, 2.24) is 0 Å². The first-order valence-corrected chi connectivity index (χ1v) is 26.0. The lowest BCUT2D eigenvalue weighted by molar-refractivity contribution is 0.483. The number of hydrogen-bond donors (Lipinski definition) is 0. The number of nitrogens with zero attached hydrogens (tertiary/aromatic N) is 4. The van der Waals surface area contributed by atoms with Gasteiger partial charge in [0.1, 0.15) is 11.5 Å². The van der Waals surface area contributed by atoms with E-state index in [1.54, 1.807) is 0 Å². The van der Waals surface area contributed by atoms with Crippen LogP contribution >= 0.6 is 0 Å². The van der Waals surface area contributed by atoms with E-state index >= 15 is 0 Å². The van der Waals surface area contributed by atoms with Gasteiger partial charge in [-0.05, 0) is 192 Å². The molecule has 368 valence electrons. The minimum Gasteiger partial charge on any atom is -0.457 e. The zero-order valence-electron chi connectivity index (χ0n) is 42.4. The van der Waals surface area contributed by atoms with Gasteiger partial charge in [0, 0.05) is 68.2 Å². The van der Waals surface area contributed by atoms with E-state index in [0.29, 0.717) is 0 Å². The van der Waals surface area contributed by atoms with Crippen molar-refractivity contribution >= 4 is 68.2 Å². The summed E-state index contributed by atoms with van der Waals surface area (Å²) in [7, 11) is 0. The lowest BCUT2D eigenvalue weighted by Crippen LogP contribution is -2.10. The summed E-state index contributed by atoms with van der Waals surface area (Å²) in [5.41, 5.74) is 17.6. The second-order valence-electron chi connectivity index (χ2n) is 18.6. The summed E-state index contributed by atoms with van der Waals surface area (Å²) in [6, 6.07) is 115. The van der Waals surface area contributed by atoms with E-state index in [1.165, 1.54) is 0 Å². The lowest BCUT2D eigenvalue weighted by atomic mass is 10.0. The third-order valence-corrected chi connectivity index (χ3v) is 13.7. The highest BCUT2D eigenvalue weighted by Gasteiger charge is 2.18. The second-order valence-corrected chi connectivity index (χ2v) is 18.6. The Labute approximate surface area is 451 Å². The van der Waals surface area contributed by atoms with E-state index in [9.17, 15) is 0 Å². The van der Waals surface area contributed by atoms with Crippen molar-refractivity contribution in [3.8, 4) is 33.8 Å². The molecule has 12 rings (SSSR count). The van der Waals surface area contributed by atoms with Crippen LogP contribution in [0.3, 0.4) is 0 Å². The maximum Gasteiger partial charge on any atom is 0.127 e. The molecule has 0 atom stereocenters. The maximum absolute atomic E-state index is 6.50. The van der Waals surface area contributed by atoms with Crippen LogP contribution in [-0.4, -0.2) is 0 Å². The highest BCUT2D eigenvalue weighted by molar-refractivity contribution is 5.83. The molecule has 77 heavy (non-hydrogen) atoms. The summed E-state index contributed by atoms with van der Waals surface area (Å²) < 4.78 is 6.50. The van der Waals surface area contributed by atoms with Gasteiger partial charge in [-0.3, -0.25) is 0 Å². The minimum absolute atomic E-state index is 0.753. The predicted molar refractivity (Wildman–Crippen MR) is 323 cm³/mol. The summed E-state index contributed by atoms with van der Waals surface area (Å²) in [6.07, 6.45) is 0. The number of anilines is 12. The first-order valence-electron chi connectivity index (χ1n) is 26.0. The average Bonchev–Trinajstić information content (AvgIpc) is 3.51. The molecule has 0 spiro atoms. The molecular formula is C72H54N4O. The third kappa shape index (κ3) is 10.7. The normalized spacial score (nSPS) is 10.9. The Morgan fingerprint density at radius 2 is 0.286 bits per heavy atom. The van der Waals surface area contributed by atoms with E-state index < -0.39 is 0 Å². The number of rotatable bonds is 16. The van der Waals surface area contributed by atoms with Gasteiger partial charge in [0.15, 0.2) is 0 Å². The van der Waals surface area contributed by atoms with Crippen molar-refractivity contribution in [2.24, 2.45) is 0 Å². The molecule has 12 aromatic carbocycles. The molecule has 0 radical (unpaired) electrons. The molecule has 12 aromatic rings. The van der Waals surface area contributed by atoms with Crippen molar-refractivity contribution in [3.05, 3.63) is 328 Å². The van der Waals surface area contributed by atoms with Crippen molar-refractivity contribution in [2.75, 3.05) is 19.6 Å². The summed E-state index contributed by atoms with van der Waals surface area (Å²) in [4.78, 5) is 9.11. The summed E-state index contributed by atoms with van der Waals surface area (Å²) >= 11 is 0. The van der Waals surface area contributed by atoms with Gasteiger partial charge in [0.25, 0.3) is 0 Å². The second kappa shape index (κ2) is 22.4. The molecule has 0 unspecified atom stereocenters. The van der Waals surface area contributed by atoms with Crippen LogP contribution < -0.4 is 24.3 Å². The molecular weight excluding hydrogens is 937 g/mol. The van der Waals surface area contributed by atoms with Gasteiger partial charge >= 0.3 is 0 Å². The summed E-state index contributed by atoms with van der Waals surface area (Å²) in [5, 5.41) is 0. The average molecular weight is 991 g/mol. The van der Waals surface area contributed by atoms with Gasteiger partial charge in [-0.25, -0.2) is 0 Å². The van der Waals surface area contributed by atoms with E-state index in [-0.39, 0.29) is 0 Å². The van der Waals surface area contributed by atoms with Crippen LogP contribution in [0.2, 0.25) is 0 Å². The number of para-hydroxylation sites is 6. The molecule has 0 aromatic heterocycles. The van der Waals surface area contributed by atoms with Crippen LogP contribution in [0.15, 0.2) is 328 Å². The van der Waals surface area contributed by atoms with Crippen molar-refractivity contribution in [3.63, 3.8) is 0 Å². The van der Waals surface area contributed by atoms with Gasteiger partial charge < -0.3 is 24.3 Å². The summed E-state index contributed by atoms with van der Waals surface area (Å²) in [6.45, 7) is 0. The minimum atomic E-state index is 0.753. The van der Waals surface area contributed by atoms with Gasteiger partial charge in [-0.15, -0.1) is 0 Å². The quantitative estimate of drug-likeness (QED) is 0.0959. The Balaban J connectivity index is 0.747. The topological polar surface area (TPSA) is 22.2 Å². The number of ether oxygens (including phenoxy) is 1. The summed E-state index contributed by atoms with van der Waals surface area (Å²) in [5.74, 6) is 1.51. The smallest absolute Gasteiger partial charge is 0.127 e. The molecule has 0 aliphatic rings.